The molecule has 100 valence electrons. The van der Waals surface area contributed by atoms with Gasteiger partial charge in [0.25, 0.3) is 5.91 Å². The van der Waals surface area contributed by atoms with Crippen LogP contribution in [0.1, 0.15) is 55.5 Å². The van der Waals surface area contributed by atoms with Crippen molar-refractivity contribution in [1.82, 2.24) is 20.5 Å². The van der Waals surface area contributed by atoms with Crippen LogP contribution < -0.4 is 5.32 Å². The summed E-state index contributed by atoms with van der Waals surface area (Å²) in [7, 11) is 1.69. The van der Waals surface area contributed by atoms with E-state index >= 15 is 0 Å². The third-order valence-corrected chi connectivity index (χ3v) is 3.52. The maximum atomic E-state index is 11.9. The molecular weight excluding hydrogens is 232 g/mol. The number of H-pyrrole nitrogens is 1. The first-order chi connectivity index (χ1) is 8.56. The van der Waals surface area contributed by atoms with Gasteiger partial charge in [0, 0.05) is 19.6 Å². The number of ether oxygens (including phenoxy) is 1. The molecule has 6 nitrogen and oxygen atoms in total. The average Bonchev–Trinajstić information content (AvgIpc) is 2.77. The first-order valence-corrected chi connectivity index (χ1v) is 6.32. The van der Waals surface area contributed by atoms with E-state index in [1.165, 1.54) is 0 Å². The van der Waals surface area contributed by atoms with Crippen molar-refractivity contribution in [2.24, 2.45) is 0 Å². The molecule has 0 saturated heterocycles. The van der Waals surface area contributed by atoms with Gasteiger partial charge >= 0.3 is 0 Å². The molecule has 0 aliphatic heterocycles. The molecule has 18 heavy (non-hydrogen) atoms. The molecule has 0 bridgehead atoms. The lowest BCUT2D eigenvalue weighted by atomic mass is 9.80. The van der Waals surface area contributed by atoms with Gasteiger partial charge in [0.15, 0.2) is 0 Å². The molecule has 1 saturated carbocycles. The van der Waals surface area contributed by atoms with Crippen molar-refractivity contribution in [2.45, 2.75) is 44.6 Å². The molecule has 0 radical (unpaired) electrons. The second-order valence-electron chi connectivity index (χ2n) is 5.12. The zero-order valence-corrected chi connectivity index (χ0v) is 11.1. The van der Waals surface area contributed by atoms with E-state index in [1.807, 2.05) is 13.8 Å². The molecule has 0 spiro atoms. The van der Waals surface area contributed by atoms with Gasteiger partial charge < -0.3 is 10.1 Å². The van der Waals surface area contributed by atoms with Crippen molar-refractivity contribution in [3.63, 3.8) is 0 Å². The van der Waals surface area contributed by atoms with Gasteiger partial charge in [0.05, 0.1) is 5.60 Å². The Labute approximate surface area is 107 Å². The van der Waals surface area contributed by atoms with Gasteiger partial charge in [-0.2, -0.15) is 0 Å². The zero-order chi connectivity index (χ0) is 13.2. The van der Waals surface area contributed by atoms with Crippen LogP contribution in [0.4, 0.5) is 0 Å². The number of aromatic amines is 1. The largest absolute Gasteiger partial charge is 0.376 e. The molecule has 1 heterocycles. The fourth-order valence-electron chi connectivity index (χ4n) is 1.98. The molecule has 0 unspecified atom stereocenters. The molecule has 0 atom stereocenters. The third kappa shape index (κ3) is 2.53. The summed E-state index contributed by atoms with van der Waals surface area (Å²) in [5, 5.41) is 9.53. The Hall–Kier alpha value is -1.43. The monoisotopic (exact) mass is 252 g/mol. The van der Waals surface area contributed by atoms with Crippen LogP contribution >= 0.6 is 0 Å². The highest BCUT2D eigenvalue weighted by Crippen LogP contribution is 2.34. The Morgan fingerprint density at radius 3 is 2.72 bits per heavy atom. The zero-order valence-electron chi connectivity index (χ0n) is 11.1. The minimum atomic E-state index is -0.249. The normalized spacial score (nSPS) is 17.6. The fraction of sp³-hybridized carbons (Fsp3) is 0.750. The van der Waals surface area contributed by atoms with Gasteiger partial charge in [-0.05, 0) is 19.3 Å². The molecule has 2 N–H and O–H groups in total. The molecule has 1 aromatic rings. The van der Waals surface area contributed by atoms with Gasteiger partial charge in [-0.15, -0.1) is 5.10 Å². The summed E-state index contributed by atoms with van der Waals surface area (Å²) in [5.41, 5.74) is -0.174. The highest BCUT2D eigenvalue weighted by molar-refractivity contribution is 5.90. The first-order valence-electron chi connectivity index (χ1n) is 6.32. The van der Waals surface area contributed by atoms with Crippen molar-refractivity contribution >= 4 is 5.91 Å². The standard InChI is InChI=1S/C12H20N4O2/c1-8(2)9-14-10(16-15-9)11(17)13-7-12(18-3)5-4-6-12/h8H,4-7H2,1-3H3,(H,13,17)(H,14,15,16). The molecule has 1 aliphatic carbocycles. The van der Waals surface area contributed by atoms with E-state index in [4.69, 9.17) is 4.74 Å². The van der Waals surface area contributed by atoms with Crippen LogP contribution in [-0.2, 0) is 4.74 Å². The van der Waals surface area contributed by atoms with E-state index in [1.54, 1.807) is 7.11 Å². The molecule has 0 aromatic carbocycles. The minimum absolute atomic E-state index is 0.174. The molecule has 6 heteroatoms. The predicted octanol–water partition coefficient (Wildman–Crippen LogP) is 1.23. The number of nitrogens with one attached hydrogen (secondary N) is 2. The Balaban J connectivity index is 1.91. The van der Waals surface area contributed by atoms with Gasteiger partial charge in [-0.25, -0.2) is 4.98 Å². The number of carbonyl (C=O) groups excluding carboxylic acids is 1. The second-order valence-corrected chi connectivity index (χ2v) is 5.12. The molecule has 1 amide bonds. The van der Waals surface area contributed by atoms with Crippen molar-refractivity contribution < 1.29 is 9.53 Å². The summed E-state index contributed by atoms with van der Waals surface area (Å²) >= 11 is 0. The minimum Gasteiger partial charge on any atom is -0.376 e. The van der Waals surface area contributed by atoms with Crippen LogP contribution in [0.15, 0.2) is 0 Å². The maximum Gasteiger partial charge on any atom is 0.291 e. The molecule has 1 fully saturated rings. The fourth-order valence-corrected chi connectivity index (χ4v) is 1.98. The SMILES string of the molecule is COC1(CNC(=O)c2n[nH]c(C(C)C)n2)CCC1. The van der Waals surface area contributed by atoms with Crippen molar-refractivity contribution in [1.29, 1.82) is 0 Å². The number of aromatic nitrogens is 3. The number of hydrogen-bond donors (Lipinski definition) is 2. The second kappa shape index (κ2) is 5.06. The predicted molar refractivity (Wildman–Crippen MR) is 66.4 cm³/mol. The van der Waals surface area contributed by atoms with Crippen LogP contribution in [-0.4, -0.2) is 40.3 Å². The van der Waals surface area contributed by atoms with Crippen LogP contribution in [0.25, 0.3) is 0 Å². The highest BCUT2D eigenvalue weighted by Gasteiger charge is 2.37. The lowest BCUT2D eigenvalue weighted by molar-refractivity contribution is -0.0679. The van der Waals surface area contributed by atoms with Crippen LogP contribution in [0.2, 0.25) is 0 Å². The molecule has 1 aliphatic rings. The lowest BCUT2D eigenvalue weighted by Gasteiger charge is -2.40. The van der Waals surface area contributed by atoms with E-state index in [-0.39, 0.29) is 23.3 Å². The summed E-state index contributed by atoms with van der Waals surface area (Å²) in [6.07, 6.45) is 3.14. The maximum absolute atomic E-state index is 11.9. The summed E-state index contributed by atoms with van der Waals surface area (Å²) in [6.45, 7) is 4.51. The third-order valence-electron chi connectivity index (χ3n) is 3.52. The first kappa shape index (κ1) is 13.0. The smallest absolute Gasteiger partial charge is 0.291 e. The Morgan fingerprint density at radius 2 is 2.28 bits per heavy atom. The highest BCUT2D eigenvalue weighted by atomic mass is 16.5. The Kier molecular flexibility index (Phi) is 3.65. The van der Waals surface area contributed by atoms with E-state index < -0.39 is 0 Å². The van der Waals surface area contributed by atoms with Gasteiger partial charge in [-0.1, -0.05) is 13.8 Å². The van der Waals surface area contributed by atoms with Crippen molar-refractivity contribution in [3.8, 4) is 0 Å². The number of rotatable bonds is 5. The molecule has 2 rings (SSSR count). The van der Waals surface area contributed by atoms with Crippen molar-refractivity contribution in [2.75, 3.05) is 13.7 Å². The number of methoxy groups -OCH3 is 1. The lowest BCUT2D eigenvalue weighted by Crippen LogP contribution is -2.49. The van der Waals surface area contributed by atoms with Crippen LogP contribution in [0.3, 0.4) is 0 Å². The summed E-state index contributed by atoms with van der Waals surface area (Å²) in [4.78, 5) is 16.0. The molecule has 1 aromatic heterocycles. The van der Waals surface area contributed by atoms with Gasteiger partial charge in [0.1, 0.15) is 5.82 Å². The van der Waals surface area contributed by atoms with Crippen LogP contribution in [0.5, 0.6) is 0 Å². The van der Waals surface area contributed by atoms with E-state index in [9.17, 15) is 4.79 Å². The number of hydrogen-bond acceptors (Lipinski definition) is 4. The van der Waals surface area contributed by atoms with E-state index in [0.717, 1.165) is 25.1 Å². The van der Waals surface area contributed by atoms with E-state index in [2.05, 4.69) is 20.5 Å². The summed E-state index contributed by atoms with van der Waals surface area (Å²) in [6, 6.07) is 0. The van der Waals surface area contributed by atoms with Gasteiger partial charge in [0.2, 0.25) is 5.82 Å². The van der Waals surface area contributed by atoms with Crippen LogP contribution in [0, 0.1) is 0 Å². The van der Waals surface area contributed by atoms with Crippen molar-refractivity contribution in [3.05, 3.63) is 11.6 Å². The topological polar surface area (TPSA) is 79.9 Å². The average molecular weight is 252 g/mol. The number of amides is 1. The summed E-state index contributed by atoms with van der Waals surface area (Å²) < 4.78 is 5.44. The van der Waals surface area contributed by atoms with Gasteiger partial charge in [-0.3, -0.25) is 9.89 Å². The Bertz CT molecular complexity index is 418. The Morgan fingerprint density at radius 1 is 1.56 bits per heavy atom. The number of carbonyl (C=O) groups is 1. The van der Waals surface area contributed by atoms with E-state index in [0.29, 0.717) is 6.54 Å². The quantitative estimate of drug-likeness (QED) is 0.826. The number of nitrogens with zero attached hydrogens (tertiary/aromatic N) is 2. The molecular formula is C12H20N4O2. The summed E-state index contributed by atoms with van der Waals surface area (Å²) in [5.74, 6) is 0.909.